The molecule has 3 rings (SSSR count). The number of carbonyl (C=O) groups is 2. The SMILES string of the molecule is Cc1ccc(C)c(NC(=O)c2ccc(OC(=O)CCCOc3ccc(C(C)C)cc3Br)cc2)c1. The quantitative estimate of drug-likeness (QED) is 0.183. The minimum Gasteiger partial charge on any atom is -0.492 e. The number of hydrogen-bond acceptors (Lipinski definition) is 4. The topological polar surface area (TPSA) is 64.6 Å². The summed E-state index contributed by atoms with van der Waals surface area (Å²) < 4.78 is 12.1. The van der Waals surface area contributed by atoms with Gasteiger partial charge in [0.1, 0.15) is 11.5 Å². The Labute approximate surface area is 209 Å². The molecule has 1 amide bonds. The molecule has 0 spiro atoms. The van der Waals surface area contributed by atoms with Crippen molar-refractivity contribution in [1.82, 2.24) is 0 Å². The van der Waals surface area contributed by atoms with Crippen LogP contribution in [-0.4, -0.2) is 18.5 Å². The zero-order chi connectivity index (χ0) is 24.7. The van der Waals surface area contributed by atoms with Gasteiger partial charge in [-0.25, -0.2) is 0 Å². The number of carbonyl (C=O) groups excluding carboxylic acids is 2. The van der Waals surface area contributed by atoms with Crippen LogP contribution in [0.5, 0.6) is 11.5 Å². The summed E-state index contributed by atoms with van der Waals surface area (Å²) in [5.41, 5.74) is 4.57. The van der Waals surface area contributed by atoms with Crippen molar-refractivity contribution in [2.45, 2.75) is 46.5 Å². The molecule has 6 heteroatoms. The molecule has 0 aliphatic heterocycles. The summed E-state index contributed by atoms with van der Waals surface area (Å²) in [6.07, 6.45) is 0.768. The molecular weight excluding hydrogens is 494 g/mol. The van der Waals surface area contributed by atoms with Crippen LogP contribution in [0.3, 0.4) is 0 Å². The predicted octanol–water partition coefficient (Wildman–Crippen LogP) is 7.21. The van der Waals surface area contributed by atoms with Crippen molar-refractivity contribution in [2.75, 3.05) is 11.9 Å². The van der Waals surface area contributed by atoms with Crippen molar-refractivity contribution in [2.24, 2.45) is 0 Å². The second kappa shape index (κ2) is 11.8. The zero-order valence-electron chi connectivity index (χ0n) is 20.0. The smallest absolute Gasteiger partial charge is 0.311 e. The van der Waals surface area contributed by atoms with Gasteiger partial charge >= 0.3 is 5.97 Å². The number of aryl methyl sites for hydroxylation is 2. The molecule has 178 valence electrons. The van der Waals surface area contributed by atoms with Crippen molar-refractivity contribution < 1.29 is 19.1 Å². The Bertz CT molecular complexity index is 1160. The fourth-order valence-corrected chi connectivity index (χ4v) is 3.82. The van der Waals surface area contributed by atoms with Crippen LogP contribution in [0.25, 0.3) is 0 Å². The van der Waals surface area contributed by atoms with Gasteiger partial charge < -0.3 is 14.8 Å². The van der Waals surface area contributed by atoms with Crippen LogP contribution < -0.4 is 14.8 Å². The predicted molar refractivity (Wildman–Crippen MR) is 139 cm³/mol. The maximum atomic E-state index is 12.5. The summed E-state index contributed by atoms with van der Waals surface area (Å²) in [6, 6.07) is 18.5. The summed E-state index contributed by atoms with van der Waals surface area (Å²) >= 11 is 3.54. The summed E-state index contributed by atoms with van der Waals surface area (Å²) in [6.45, 7) is 8.62. The van der Waals surface area contributed by atoms with Gasteiger partial charge in [0.15, 0.2) is 0 Å². The molecule has 0 bridgehead atoms. The molecule has 0 aliphatic rings. The van der Waals surface area contributed by atoms with E-state index in [-0.39, 0.29) is 18.3 Å². The Hall–Kier alpha value is -3.12. The van der Waals surface area contributed by atoms with Crippen LogP contribution in [0.4, 0.5) is 5.69 Å². The number of esters is 1. The molecule has 5 nitrogen and oxygen atoms in total. The van der Waals surface area contributed by atoms with Gasteiger partial charge in [-0.05, 0) is 101 Å². The van der Waals surface area contributed by atoms with Crippen molar-refractivity contribution in [1.29, 1.82) is 0 Å². The maximum Gasteiger partial charge on any atom is 0.311 e. The van der Waals surface area contributed by atoms with Crippen LogP contribution in [0.15, 0.2) is 65.1 Å². The second-order valence-electron chi connectivity index (χ2n) is 8.57. The molecule has 3 aromatic carbocycles. The van der Waals surface area contributed by atoms with Crippen LogP contribution >= 0.6 is 15.9 Å². The highest BCUT2D eigenvalue weighted by molar-refractivity contribution is 9.10. The normalized spacial score (nSPS) is 10.8. The summed E-state index contributed by atoms with van der Waals surface area (Å²) in [4.78, 5) is 24.7. The molecule has 0 saturated carbocycles. The molecule has 1 N–H and O–H groups in total. The molecule has 0 heterocycles. The second-order valence-corrected chi connectivity index (χ2v) is 9.42. The Morgan fingerprint density at radius 1 is 0.971 bits per heavy atom. The fourth-order valence-electron chi connectivity index (χ4n) is 3.31. The monoisotopic (exact) mass is 523 g/mol. The zero-order valence-corrected chi connectivity index (χ0v) is 21.6. The van der Waals surface area contributed by atoms with E-state index in [2.05, 4.69) is 41.2 Å². The van der Waals surface area contributed by atoms with Gasteiger partial charge in [-0.15, -0.1) is 0 Å². The number of ether oxygens (including phenoxy) is 2. The Balaban J connectivity index is 1.44. The Morgan fingerprint density at radius 2 is 1.71 bits per heavy atom. The van der Waals surface area contributed by atoms with Gasteiger partial charge in [0.05, 0.1) is 11.1 Å². The molecule has 0 aromatic heterocycles. The fraction of sp³-hybridized carbons (Fsp3) is 0.286. The lowest BCUT2D eigenvalue weighted by Gasteiger charge is -2.11. The third-order valence-electron chi connectivity index (χ3n) is 5.39. The molecule has 0 aliphatic carbocycles. The first-order valence-corrected chi connectivity index (χ1v) is 12.1. The lowest BCUT2D eigenvalue weighted by Crippen LogP contribution is -2.13. The molecule has 0 fully saturated rings. The van der Waals surface area contributed by atoms with E-state index in [4.69, 9.17) is 9.47 Å². The minimum atomic E-state index is -0.342. The molecule has 34 heavy (non-hydrogen) atoms. The number of nitrogens with one attached hydrogen (secondary N) is 1. The van der Waals surface area contributed by atoms with Crippen molar-refractivity contribution >= 4 is 33.5 Å². The van der Waals surface area contributed by atoms with Crippen molar-refractivity contribution in [3.8, 4) is 11.5 Å². The van der Waals surface area contributed by atoms with Gasteiger partial charge in [0.2, 0.25) is 0 Å². The third kappa shape index (κ3) is 7.19. The average molecular weight is 524 g/mol. The van der Waals surface area contributed by atoms with Crippen LogP contribution in [-0.2, 0) is 4.79 Å². The first kappa shape index (κ1) is 25.5. The van der Waals surface area contributed by atoms with E-state index in [0.29, 0.717) is 30.3 Å². The number of hydrogen-bond donors (Lipinski definition) is 1. The van der Waals surface area contributed by atoms with E-state index >= 15 is 0 Å². The van der Waals surface area contributed by atoms with E-state index in [0.717, 1.165) is 27.0 Å². The Kier molecular flexibility index (Phi) is 8.88. The minimum absolute atomic E-state index is 0.212. The maximum absolute atomic E-state index is 12.5. The summed E-state index contributed by atoms with van der Waals surface area (Å²) in [5, 5.41) is 2.92. The lowest BCUT2D eigenvalue weighted by atomic mass is 10.0. The van der Waals surface area contributed by atoms with Gasteiger partial charge in [0.25, 0.3) is 5.91 Å². The number of rotatable bonds is 9. The number of halogens is 1. The molecule has 3 aromatic rings. The number of benzene rings is 3. The van der Waals surface area contributed by atoms with E-state index in [1.54, 1.807) is 24.3 Å². The standard InChI is InChI=1S/C28H30BrNO4/c1-18(2)22-11-14-26(24(29)17-22)33-15-5-6-27(31)34-23-12-9-21(10-13-23)28(32)30-25-16-19(3)7-8-20(25)4/h7-14,16-18H,5-6,15H2,1-4H3,(H,30,32). The Morgan fingerprint density at radius 3 is 2.38 bits per heavy atom. The summed E-state index contributed by atoms with van der Waals surface area (Å²) in [5.74, 6) is 1.05. The van der Waals surface area contributed by atoms with Gasteiger partial charge in [0, 0.05) is 17.7 Å². The molecular formula is C28H30BrNO4. The number of amides is 1. The highest BCUT2D eigenvalue weighted by Gasteiger charge is 2.11. The van der Waals surface area contributed by atoms with Gasteiger partial charge in [-0.2, -0.15) is 0 Å². The highest BCUT2D eigenvalue weighted by Crippen LogP contribution is 2.29. The number of anilines is 1. The largest absolute Gasteiger partial charge is 0.492 e. The average Bonchev–Trinajstić information content (AvgIpc) is 2.80. The van der Waals surface area contributed by atoms with Crippen molar-refractivity contribution in [3.05, 3.63) is 87.4 Å². The molecule has 0 atom stereocenters. The van der Waals surface area contributed by atoms with Crippen LogP contribution in [0.2, 0.25) is 0 Å². The van der Waals surface area contributed by atoms with E-state index in [1.807, 2.05) is 44.2 Å². The van der Waals surface area contributed by atoms with Crippen LogP contribution in [0.1, 0.15) is 59.7 Å². The van der Waals surface area contributed by atoms with E-state index in [1.165, 1.54) is 5.56 Å². The molecule has 0 saturated heterocycles. The third-order valence-corrected chi connectivity index (χ3v) is 6.01. The first-order valence-electron chi connectivity index (χ1n) is 11.3. The molecule has 0 unspecified atom stereocenters. The summed E-state index contributed by atoms with van der Waals surface area (Å²) in [7, 11) is 0. The first-order chi connectivity index (χ1) is 16.2. The van der Waals surface area contributed by atoms with Crippen molar-refractivity contribution in [3.63, 3.8) is 0 Å². The van der Waals surface area contributed by atoms with Gasteiger partial charge in [-0.3, -0.25) is 9.59 Å². The van der Waals surface area contributed by atoms with Crippen LogP contribution in [0, 0.1) is 13.8 Å². The van der Waals surface area contributed by atoms with E-state index < -0.39 is 0 Å². The lowest BCUT2D eigenvalue weighted by molar-refractivity contribution is -0.134. The molecule has 0 radical (unpaired) electrons. The van der Waals surface area contributed by atoms with Gasteiger partial charge in [-0.1, -0.05) is 32.0 Å². The van der Waals surface area contributed by atoms with E-state index in [9.17, 15) is 9.59 Å². The highest BCUT2D eigenvalue weighted by atomic mass is 79.9.